The molecule has 0 aliphatic carbocycles. The molecule has 0 spiro atoms. The maximum absolute atomic E-state index is 6.02. The summed E-state index contributed by atoms with van der Waals surface area (Å²) in [6.45, 7) is 4.45. The number of hydrogen-bond donors (Lipinski definition) is 0. The second-order valence-electron chi connectivity index (χ2n) is 3.90. The molecule has 0 aliphatic heterocycles. The van der Waals surface area contributed by atoms with E-state index < -0.39 is 0 Å². The molecule has 1 aromatic carbocycles. The van der Waals surface area contributed by atoms with Crippen molar-refractivity contribution >= 4 is 11.6 Å². The highest BCUT2D eigenvalue weighted by Gasteiger charge is 2.02. The van der Waals surface area contributed by atoms with Gasteiger partial charge in [-0.1, -0.05) is 31.5 Å². The molecule has 1 rings (SSSR count). The second kappa shape index (κ2) is 5.26. The van der Waals surface area contributed by atoms with E-state index in [9.17, 15) is 0 Å². The SMILES string of the molecule is COc1ccc(CCC(C)C)cc1Cl. The van der Waals surface area contributed by atoms with Gasteiger partial charge in [0.1, 0.15) is 5.75 Å². The van der Waals surface area contributed by atoms with Gasteiger partial charge in [0.2, 0.25) is 0 Å². The van der Waals surface area contributed by atoms with Crippen molar-refractivity contribution in [3.05, 3.63) is 28.8 Å². The van der Waals surface area contributed by atoms with Crippen LogP contribution >= 0.6 is 11.6 Å². The van der Waals surface area contributed by atoms with Gasteiger partial charge in [-0.15, -0.1) is 0 Å². The van der Waals surface area contributed by atoms with E-state index in [0.717, 1.165) is 18.1 Å². The highest BCUT2D eigenvalue weighted by Crippen LogP contribution is 2.25. The van der Waals surface area contributed by atoms with Gasteiger partial charge in [-0.05, 0) is 36.5 Å². The third kappa shape index (κ3) is 3.22. The van der Waals surface area contributed by atoms with Crippen LogP contribution < -0.4 is 4.74 Å². The Morgan fingerprint density at radius 2 is 2.07 bits per heavy atom. The minimum atomic E-state index is 0.703. The Balaban J connectivity index is 2.66. The van der Waals surface area contributed by atoms with Gasteiger partial charge >= 0.3 is 0 Å². The molecule has 0 fully saturated rings. The molecule has 14 heavy (non-hydrogen) atoms. The van der Waals surface area contributed by atoms with Crippen molar-refractivity contribution in [1.82, 2.24) is 0 Å². The predicted molar refractivity (Wildman–Crippen MR) is 61.2 cm³/mol. The zero-order chi connectivity index (χ0) is 10.6. The molecule has 0 aromatic heterocycles. The minimum Gasteiger partial charge on any atom is -0.495 e. The van der Waals surface area contributed by atoms with Crippen molar-refractivity contribution in [3.63, 3.8) is 0 Å². The molecular weight excluding hydrogens is 196 g/mol. The summed E-state index contributed by atoms with van der Waals surface area (Å²) < 4.78 is 5.09. The molecule has 1 nitrogen and oxygen atoms in total. The average molecular weight is 213 g/mol. The normalized spacial score (nSPS) is 10.6. The van der Waals surface area contributed by atoms with E-state index in [0.29, 0.717) is 5.02 Å². The van der Waals surface area contributed by atoms with Gasteiger partial charge in [0.15, 0.2) is 0 Å². The van der Waals surface area contributed by atoms with Crippen molar-refractivity contribution < 1.29 is 4.74 Å². The molecule has 1 aromatic rings. The Morgan fingerprint density at radius 1 is 1.36 bits per heavy atom. The fourth-order valence-electron chi connectivity index (χ4n) is 1.32. The average Bonchev–Trinajstić information content (AvgIpc) is 2.15. The molecule has 0 unspecified atom stereocenters. The number of hydrogen-bond acceptors (Lipinski definition) is 1. The lowest BCUT2D eigenvalue weighted by Gasteiger charge is -2.07. The van der Waals surface area contributed by atoms with Gasteiger partial charge in [0.05, 0.1) is 12.1 Å². The fraction of sp³-hybridized carbons (Fsp3) is 0.500. The van der Waals surface area contributed by atoms with Crippen molar-refractivity contribution in [2.45, 2.75) is 26.7 Å². The standard InChI is InChI=1S/C12H17ClO/c1-9(2)4-5-10-6-7-12(14-3)11(13)8-10/h6-9H,4-5H2,1-3H3. The summed E-state index contributed by atoms with van der Waals surface area (Å²) in [5, 5.41) is 0.703. The topological polar surface area (TPSA) is 9.23 Å². The highest BCUT2D eigenvalue weighted by molar-refractivity contribution is 6.32. The monoisotopic (exact) mass is 212 g/mol. The van der Waals surface area contributed by atoms with E-state index in [2.05, 4.69) is 19.9 Å². The van der Waals surface area contributed by atoms with Crippen LogP contribution in [-0.2, 0) is 6.42 Å². The molecular formula is C12H17ClO. The molecule has 0 atom stereocenters. The first-order valence-corrected chi connectivity index (χ1v) is 5.33. The summed E-state index contributed by atoms with van der Waals surface area (Å²) in [4.78, 5) is 0. The Labute approximate surface area is 91.0 Å². The van der Waals surface area contributed by atoms with Crippen LogP contribution in [0.15, 0.2) is 18.2 Å². The third-order valence-corrected chi connectivity index (χ3v) is 2.52. The van der Waals surface area contributed by atoms with Gasteiger partial charge in [-0.3, -0.25) is 0 Å². The van der Waals surface area contributed by atoms with Gasteiger partial charge in [-0.25, -0.2) is 0 Å². The van der Waals surface area contributed by atoms with Gasteiger partial charge in [0, 0.05) is 0 Å². The third-order valence-electron chi connectivity index (χ3n) is 2.23. The highest BCUT2D eigenvalue weighted by atomic mass is 35.5. The van der Waals surface area contributed by atoms with Crippen LogP contribution in [0.5, 0.6) is 5.75 Å². The second-order valence-corrected chi connectivity index (χ2v) is 4.31. The summed E-state index contributed by atoms with van der Waals surface area (Å²) in [6.07, 6.45) is 2.28. The Morgan fingerprint density at radius 3 is 2.57 bits per heavy atom. The lowest BCUT2D eigenvalue weighted by atomic mass is 10.0. The zero-order valence-electron chi connectivity index (χ0n) is 9.01. The van der Waals surface area contributed by atoms with E-state index in [-0.39, 0.29) is 0 Å². The first-order chi connectivity index (χ1) is 6.63. The van der Waals surface area contributed by atoms with E-state index in [1.165, 1.54) is 12.0 Å². The Bertz CT molecular complexity index is 294. The van der Waals surface area contributed by atoms with Gasteiger partial charge in [0.25, 0.3) is 0 Å². The van der Waals surface area contributed by atoms with Crippen LogP contribution in [0.25, 0.3) is 0 Å². The summed E-state index contributed by atoms with van der Waals surface area (Å²) in [5.41, 5.74) is 1.28. The largest absolute Gasteiger partial charge is 0.495 e. The van der Waals surface area contributed by atoms with Crippen LogP contribution in [0.1, 0.15) is 25.8 Å². The molecule has 0 saturated heterocycles. The van der Waals surface area contributed by atoms with Crippen LogP contribution in [0.2, 0.25) is 5.02 Å². The quantitative estimate of drug-likeness (QED) is 0.735. The van der Waals surface area contributed by atoms with Crippen LogP contribution in [0.3, 0.4) is 0 Å². The summed E-state index contributed by atoms with van der Waals surface area (Å²) in [6, 6.07) is 5.99. The summed E-state index contributed by atoms with van der Waals surface area (Å²) in [7, 11) is 1.63. The predicted octanol–water partition coefficient (Wildman–Crippen LogP) is 3.94. The smallest absolute Gasteiger partial charge is 0.137 e. The van der Waals surface area contributed by atoms with Crippen LogP contribution in [0.4, 0.5) is 0 Å². The van der Waals surface area contributed by atoms with Crippen molar-refractivity contribution in [2.24, 2.45) is 5.92 Å². The lowest BCUT2D eigenvalue weighted by molar-refractivity contribution is 0.415. The van der Waals surface area contributed by atoms with Gasteiger partial charge < -0.3 is 4.74 Å². The molecule has 0 amide bonds. The van der Waals surface area contributed by atoms with E-state index in [1.54, 1.807) is 7.11 Å². The van der Waals surface area contributed by atoms with E-state index in [1.807, 2.05) is 12.1 Å². The molecule has 0 bridgehead atoms. The summed E-state index contributed by atoms with van der Waals surface area (Å²) >= 11 is 6.02. The maximum Gasteiger partial charge on any atom is 0.137 e. The number of benzene rings is 1. The Kier molecular flexibility index (Phi) is 4.27. The van der Waals surface area contributed by atoms with E-state index >= 15 is 0 Å². The number of halogens is 1. The van der Waals surface area contributed by atoms with Crippen LogP contribution in [-0.4, -0.2) is 7.11 Å². The molecule has 78 valence electrons. The molecule has 0 heterocycles. The first kappa shape index (κ1) is 11.4. The number of ether oxygens (including phenoxy) is 1. The van der Waals surface area contributed by atoms with Crippen molar-refractivity contribution in [2.75, 3.05) is 7.11 Å². The number of rotatable bonds is 4. The molecule has 0 saturated carbocycles. The Hall–Kier alpha value is -0.690. The van der Waals surface area contributed by atoms with E-state index in [4.69, 9.17) is 16.3 Å². The van der Waals surface area contributed by atoms with Crippen molar-refractivity contribution in [3.8, 4) is 5.75 Å². The molecule has 0 N–H and O–H groups in total. The number of aryl methyl sites for hydroxylation is 1. The first-order valence-electron chi connectivity index (χ1n) is 4.96. The molecule has 0 aliphatic rings. The maximum atomic E-state index is 6.02. The van der Waals surface area contributed by atoms with Gasteiger partial charge in [-0.2, -0.15) is 0 Å². The number of methoxy groups -OCH3 is 1. The minimum absolute atomic E-state index is 0.703. The van der Waals surface area contributed by atoms with Crippen molar-refractivity contribution in [1.29, 1.82) is 0 Å². The molecule has 0 radical (unpaired) electrons. The van der Waals surface area contributed by atoms with Crippen LogP contribution in [0, 0.1) is 5.92 Å². The zero-order valence-corrected chi connectivity index (χ0v) is 9.77. The summed E-state index contributed by atoms with van der Waals surface area (Å²) in [5.74, 6) is 1.48. The fourth-order valence-corrected chi connectivity index (χ4v) is 1.60. The lowest BCUT2D eigenvalue weighted by Crippen LogP contribution is -1.93. The molecule has 2 heteroatoms.